The molecule has 7 nitrogen and oxygen atoms in total. The highest BCUT2D eigenvalue weighted by molar-refractivity contribution is 5.98. The predicted molar refractivity (Wildman–Crippen MR) is 126 cm³/mol. The zero-order valence-electron chi connectivity index (χ0n) is 21.4. The summed E-state index contributed by atoms with van der Waals surface area (Å²) in [6.07, 6.45) is 2.88. The Hall–Kier alpha value is -3.85. The van der Waals surface area contributed by atoms with Crippen molar-refractivity contribution in [2.24, 2.45) is 7.05 Å². The number of hydrogen-bond acceptors (Lipinski definition) is 5. The molecule has 180 valence electrons. The number of rotatable bonds is 7. The van der Waals surface area contributed by atoms with Crippen molar-refractivity contribution in [3.63, 3.8) is 0 Å². The lowest BCUT2D eigenvalue weighted by atomic mass is 9.99. The summed E-state index contributed by atoms with van der Waals surface area (Å²) >= 11 is 0. The van der Waals surface area contributed by atoms with Gasteiger partial charge in [-0.15, -0.1) is 0 Å². The fourth-order valence-electron chi connectivity index (χ4n) is 4.20. The molecular formula is C26H24F2N4O3. The number of carbonyl (C=O) groups is 1. The average Bonchev–Trinajstić information content (AvgIpc) is 3.32. The van der Waals surface area contributed by atoms with E-state index in [-0.39, 0.29) is 22.9 Å². The number of ether oxygens (including phenoxy) is 2. The van der Waals surface area contributed by atoms with E-state index >= 15 is 8.78 Å². The number of aromatic nitrogens is 3. The predicted octanol–water partition coefficient (Wildman–Crippen LogP) is 4.48. The Balaban J connectivity index is 1.50. The van der Waals surface area contributed by atoms with Crippen LogP contribution in [0.3, 0.4) is 0 Å². The van der Waals surface area contributed by atoms with Crippen molar-refractivity contribution in [2.75, 3.05) is 13.7 Å². The molecule has 0 saturated heterocycles. The van der Waals surface area contributed by atoms with E-state index in [4.69, 9.17) is 12.2 Å². The third kappa shape index (κ3) is 4.23. The smallest absolute Gasteiger partial charge is 0.256 e. The van der Waals surface area contributed by atoms with E-state index in [9.17, 15) is 4.79 Å². The molecule has 0 spiro atoms. The van der Waals surface area contributed by atoms with Crippen LogP contribution in [0, 0.1) is 11.6 Å². The Bertz CT molecular complexity index is 1500. The molecule has 1 amide bonds. The lowest BCUT2D eigenvalue weighted by molar-refractivity contribution is 0.0763. The van der Waals surface area contributed by atoms with Gasteiger partial charge in [0.25, 0.3) is 5.91 Å². The molecule has 1 aliphatic heterocycles. The zero-order chi connectivity index (χ0) is 26.5. The summed E-state index contributed by atoms with van der Waals surface area (Å²) in [7, 11) is 3.32. The van der Waals surface area contributed by atoms with E-state index in [1.807, 2.05) is 6.92 Å². The maximum absolute atomic E-state index is 15.3. The molecule has 2 aromatic carbocycles. The van der Waals surface area contributed by atoms with E-state index in [1.54, 1.807) is 37.2 Å². The fraction of sp³-hybridized carbons (Fsp3) is 0.269. The summed E-state index contributed by atoms with van der Waals surface area (Å²) in [4.78, 5) is 17.6. The second-order valence-corrected chi connectivity index (χ2v) is 8.38. The first-order chi connectivity index (χ1) is 17.6. The number of halogens is 2. The van der Waals surface area contributed by atoms with Gasteiger partial charge in [-0.25, -0.2) is 8.78 Å². The summed E-state index contributed by atoms with van der Waals surface area (Å²) in [5, 5.41) is 5.10. The Morgan fingerprint density at radius 3 is 2.69 bits per heavy atom. The molecule has 2 aromatic heterocycles. The maximum Gasteiger partial charge on any atom is 0.256 e. The molecule has 0 saturated carbocycles. The van der Waals surface area contributed by atoms with Crippen LogP contribution in [-0.2, 0) is 24.8 Å². The number of fused-ring (bicyclic) bond motifs is 2. The average molecular weight is 481 g/mol. The summed E-state index contributed by atoms with van der Waals surface area (Å²) in [5.41, 5.74) is 0.945. The summed E-state index contributed by atoms with van der Waals surface area (Å²) < 4.78 is 60.0. The standard InChI is InChI=1S/C26H24F2N4O3/c1-15(14-34-3)35-24-7-6-17(19-11-31(2)30-25(19)24)16-9-21(27)20(22(28)10-16)12-32-13-23-18(26(32)33)5-4-8-29-23/h4-11,15H,12-14H2,1-3H3/t15-/m0/s1/i13D2. The number of amides is 1. The number of methoxy groups -OCH3 is 1. The molecule has 4 aromatic rings. The second kappa shape index (κ2) is 9.07. The van der Waals surface area contributed by atoms with Crippen LogP contribution in [-0.4, -0.2) is 45.4 Å². The van der Waals surface area contributed by atoms with Crippen molar-refractivity contribution in [2.45, 2.75) is 26.1 Å². The molecule has 0 bridgehead atoms. The van der Waals surface area contributed by atoms with Crippen LogP contribution in [0.5, 0.6) is 5.75 Å². The second-order valence-electron chi connectivity index (χ2n) is 8.38. The highest BCUT2D eigenvalue weighted by Gasteiger charge is 2.30. The topological polar surface area (TPSA) is 69.5 Å². The lowest BCUT2D eigenvalue weighted by Crippen LogP contribution is -2.24. The monoisotopic (exact) mass is 480 g/mol. The zero-order valence-corrected chi connectivity index (χ0v) is 19.4. The van der Waals surface area contributed by atoms with E-state index in [2.05, 4.69) is 10.1 Å². The fourth-order valence-corrected chi connectivity index (χ4v) is 4.20. The minimum Gasteiger partial charge on any atom is -0.486 e. The van der Waals surface area contributed by atoms with Crippen molar-refractivity contribution < 1.29 is 25.8 Å². The Kier molecular flexibility index (Phi) is 5.32. The molecule has 5 rings (SSSR count). The quantitative estimate of drug-likeness (QED) is 0.390. The Morgan fingerprint density at radius 2 is 1.97 bits per heavy atom. The molecule has 1 aliphatic rings. The summed E-state index contributed by atoms with van der Waals surface area (Å²) in [5.74, 6) is -1.95. The number of pyridine rings is 1. The van der Waals surface area contributed by atoms with Gasteiger partial charge < -0.3 is 14.4 Å². The van der Waals surface area contributed by atoms with Crippen LogP contribution >= 0.6 is 0 Å². The maximum atomic E-state index is 15.3. The normalized spacial score (nSPS) is 16.3. The summed E-state index contributed by atoms with van der Waals surface area (Å²) in [6.45, 7) is -0.653. The van der Waals surface area contributed by atoms with Crippen molar-refractivity contribution in [3.8, 4) is 16.9 Å². The number of nitrogens with zero attached hydrogens (tertiary/aromatic N) is 4. The number of carbonyl (C=O) groups excluding carboxylic acids is 1. The minimum atomic E-state index is -2.30. The third-order valence-electron chi connectivity index (χ3n) is 5.78. The molecule has 9 heteroatoms. The van der Waals surface area contributed by atoms with Gasteiger partial charge in [0.15, 0.2) is 0 Å². The molecule has 0 N–H and O–H groups in total. The van der Waals surface area contributed by atoms with Gasteiger partial charge in [0.05, 0.1) is 33.6 Å². The van der Waals surface area contributed by atoms with Gasteiger partial charge in [-0.05, 0) is 54.4 Å². The highest BCUT2D eigenvalue weighted by atomic mass is 19.1. The van der Waals surface area contributed by atoms with Gasteiger partial charge in [0.1, 0.15) is 29.0 Å². The van der Waals surface area contributed by atoms with Gasteiger partial charge in [-0.2, -0.15) is 5.10 Å². The van der Waals surface area contributed by atoms with Crippen molar-refractivity contribution in [1.82, 2.24) is 19.7 Å². The highest BCUT2D eigenvalue weighted by Crippen LogP contribution is 2.36. The first-order valence-corrected chi connectivity index (χ1v) is 11.0. The van der Waals surface area contributed by atoms with E-state index < -0.39 is 36.1 Å². The molecule has 0 fully saturated rings. The van der Waals surface area contributed by atoms with Crippen LogP contribution in [0.4, 0.5) is 8.78 Å². The number of aryl methyl sites for hydroxylation is 1. The lowest BCUT2D eigenvalue weighted by Gasteiger charge is -2.18. The molecule has 0 unspecified atom stereocenters. The number of hydrogen-bond donors (Lipinski definition) is 0. The van der Waals surface area contributed by atoms with Crippen LogP contribution in [0.2, 0.25) is 0 Å². The van der Waals surface area contributed by atoms with Crippen LogP contribution < -0.4 is 4.74 Å². The number of benzene rings is 2. The third-order valence-corrected chi connectivity index (χ3v) is 5.78. The van der Waals surface area contributed by atoms with Gasteiger partial charge in [0.2, 0.25) is 0 Å². The van der Waals surface area contributed by atoms with Gasteiger partial charge >= 0.3 is 0 Å². The molecule has 0 aliphatic carbocycles. The first-order valence-electron chi connectivity index (χ1n) is 12.0. The molecule has 35 heavy (non-hydrogen) atoms. The van der Waals surface area contributed by atoms with Gasteiger partial charge in [0, 0.05) is 37.5 Å². The van der Waals surface area contributed by atoms with E-state index in [1.165, 1.54) is 30.5 Å². The van der Waals surface area contributed by atoms with Crippen molar-refractivity contribution in [1.29, 1.82) is 0 Å². The largest absolute Gasteiger partial charge is 0.486 e. The SMILES string of the molecule is [2H]C1([2H])c2ncccc2C(=O)N1Cc1c(F)cc(-c2ccc(O[C@@H](C)COC)c3nn(C)cc23)cc1F. The van der Waals surface area contributed by atoms with Crippen LogP contribution in [0.1, 0.15) is 31.3 Å². The molecule has 3 heterocycles. The first kappa shape index (κ1) is 20.5. The summed E-state index contributed by atoms with van der Waals surface area (Å²) in [6, 6.07) is 8.71. The van der Waals surface area contributed by atoms with Crippen molar-refractivity contribution in [3.05, 3.63) is 77.2 Å². The molecule has 1 atom stereocenters. The van der Waals surface area contributed by atoms with E-state index in [0.717, 1.165) is 4.90 Å². The van der Waals surface area contributed by atoms with Gasteiger partial charge in [-0.1, -0.05) is 0 Å². The van der Waals surface area contributed by atoms with Crippen LogP contribution in [0.15, 0.2) is 48.8 Å². The van der Waals surface area contributed by atoms with Crippen molar-refractivity contribution >= 4 is 16.8 Å². The molecular weight excluding hydrogens is 454 g/mol. The molecule has 0 radical (unpaired) electrons. The minimum absolute atomic E-state index is 0.0708. The Morgan fingerprint density at radius 1 is 1.20 bits per heavy atom. The van der Waals surface area contributed by atoms with E-state index in [0.29, 0.717) is 28.8 Å². The van der Waals surface area contributed by atoms with Crippen LogP contribution in [0.25, 0.3) is 22.0 Å². The van der Waals surface area contributed by atoms with Gasteiger partial charge in [-0.3, -0.25) is 14.5 Å². The Labute approximate surface area is 203 Å².